The van der Waals surface area contributed by atoms with Crippen molar-refractivity contribution in [3.05, 3.63) is 63.6 Å². The first-order chi connectivity index (χ1) is 9.59. The Balaban J connectivity index is 2.11. The molecule has 0 aromatic heterocycles. The Morgan fingerprint density at radius 2 is 1.75 bits per heavy atom. The number of nitrogens with two attached hydrogens (primary N) is 1. The van der Waals surface area contributed by atoms with Crippen LogP contribution in [0.1, 0.15) is 15.9 Å². The molecule has 4 nitrogen and oxygen atoms in total. The van der Waals surface area contributed by atoms with Crippen molar-refractivity contribution in [3.8, 4) is 0 Å². The summed E-state index contributed by atoms with van der Waals surface area (Å²) >= 11 is 12.0. The minimum Gasteiger partial charge on any atom is -0.398 e. The highest BCUT2D eigenvalue weighted by molar-refractivity contribution is 6.38. The molecule has 3 N–H and O–H groups in total. The van der Waals surface area contributed by atoms with Gasteiger partial charge in [0.15, 0.2) is 0 Å². The number of benzene rings is 2. The van der Waals surface area contributed by atoms with Crippen LogP contribution in [0, 0.1) is 0 Å². The molecule has 2 aromatic rings. The molecule has 0 saturated heterocycles. The largest absolute Gasteiger partial charge is 0.398 e. The topological polar surface area (TPSA) is 67.5 Å². The first-order valence-electron chi connectivity index (χ1n) is 5.71. The van der Waals surface area contributed by atoms with E-state index in [-0.39, 0.29) is 0 Å². The number of amides is 1. The van der Waals surface area contributed by atoms with Crippen molar-refractivity contribution in [1.82, 2.24) is 5.43 Å². The maximum absolute atomic E-state index is 11.9. The minimum absolute atomic E-state index is 0.356. The average Bonchev–Trinajstić information content (AvgIpc) is 2.42. The maximum Gasteiger partial charge on any atom is 0.273 e. The molecule has 0 saturated carbocycles. The fourth-order valence-corrected chi connectivity index (χ4v) is 2.05. The van der Waals surface area contributed by atoms with Crippen LogP contribution in [0.3, 0.4) is 0 Å². The van der Waals surface area contributed by atoms with Crippen LogP contribution in [0.4, 0.5) is 5.69 Å². The molecule has 0 unspecified atom stereocenters. The number of nitrogen functional groups attached to an aromatic ring is 1. The van der Waals surface area contributed by atoms with Crippen molar-refractivity contribution in [2.45, 2.75) is 0 Å². The Kier molecular flexibility index (Phi) is 4.61. The molecular weight excluding hydrogens is 297 g/mol. The highest BCUT2D eigenvalue weighted by Crippen LogP contribution is 2.22. The molecule has 0 aliphatic heterocycles. The number of para-hydroxylation sites is 1. The minimum atomic E-state index is -0.400. The van der Waals surface area contributed by atoms with Gasteiger partial charge in [0.1, 0.15) is 0 Å². The first-order valence-corrected chi connectivity index (χ1v) is 6.47. The number of carbonyl (C=O) groups is 1. The lowest BCUT2D eigenvalue weighted by atomic mass is 10.2. The second-order valence-electron chi connectivity index (χ2n) is 3.92. The molecule has 0 spiro atoms. The molecule has 102 valence electrons. The molecule has 0 heterocycles. The summed E-state index contributed by atoms with van der Waals surface area (Å²) in [5.74, 6) is -0.400. The molecule has 0 radical (unpaired) electrons. The Morgan fingerprint density at radius 3 is 2.40 bits per heavy atom. The SMILES string of the molecule is Nc1ccccc1C(=O)N/N=C/c1c(Cl)cccc1Cl. The van der Waals surface area contributed by atoms with Crippen LogP contribution in [0.15, 0.2) is 47.6 Å². The predicted molar refractivity (Wildman–Crippen MR) is 82.4 cm³/mol. The summed E-state index contributed by atoms with van der Waals surface area (Å²) in [6.07, 6.45) is 1.39. The zero-order chi connectivity index (χ0) is 14.5. The molecule has 0 atom stereocenters. The number of anilines is 1. The number of hydrogen-bond donors (Lipinski definition) is 2. The second kappa shape index (κ2) is 6.41. The van der Waals surface area contributed by atoms with Gasteiger partial charge in [0, 0.05) is 11.3 Å². The van der Waals surface area contributed by atoms with Crippen molar-refractivity contribution in [3.63, 3.8) is 0 Å². The fraction of sp³-hybridized carbons (Fsp3) is 0. The van der Waals surface area contributed by atoms with Gasteiger partial charge >= 0.3 is 0 Å². The quantitative estimate of drug-likeness (QED) is 0.519. The number of hydrogen-bond acceptors (Lipinski definition) is 3. The van der Waals surface area contributed by atoms with Crippen molar-refractivity contribution < 1.29 is 4.79 Å². The molecule has 0 bridgehead atoms. The monoisotopic (exact) mass is 307 g/mol. The number of nitrogens with zero attached hydrogens (tertiary/aromatic N) is 1. The molecule has 6 heteroatoms. The molecule has 0 fully saturated rings. The summed E-state index contributed by atoms with van der Waals surface area (Å²) in [6, 6.07) is 11.8. The third kappa shape index (κ3) is 3.29. The number of carbonyl (C=O) groups excluding carboxylic acids is 1. The first kappa shape index (κ1) is 14.4. The zero-order valence-electron chi connectivity index (χ0n) is 10.3. The molecular formula is C14H11Cl2N3O. The van der Waals surface area contributed by atoms with E-state index in [1.807, 2.05) is 0 Å². The van der Waals surface area contributed by atoms with Gasteiger partial charge in [-0.1, -0.05) is 41.4 Å². The number of rotatable bonds is 3. The third-order valence-corrected chi connectivity index (χ3v) is 3.22. The van der Waals surface area contributed by atoms with Gasteiger partial charge in [-0.05, 0) is 24.3 Å². The summed E-state index contributed by atoms with van der Waals surface area (Å²) in [4.78, 5) is 11.9. The van der Waals surface area contributed by atoms with E-state index in [9.17, 15) is 4.79 Å². The van der Waals surface area contributed by atoms with E-state index in [1.54, 1.807) is 42.5 Å². The Hall–Kier alpha value is -2.04. The third-order valence-electron chi connectivity index (χ3n) is 2.56. The molecule has 20 heavy (non-hydrogen) atoms. The highest BCUT2D eigenvalue weighted by atomic mass is 35.5. The summed E-state index contributed by atoms with van der Waals surface area (Å²) in [6.45, 7) is 0. The molecule has 0 aliphatic carbocycles. The van der Waals surface area contributed by atoms with Crippen LogP contribution in [-0.2, 0) is 0 Å². The van der Waals surface area contributed by atoms with E-state index < -0.39 is 5.91 Å². The lowest BCUT2D eigenvalue weighted by molar-refractivity contribution is 0.0956. The summed E-state index contributed by atoms with van der Waals surface area (Å²) in [5, 5.41) is 4.74. The van der Waals surface area contributed by atoms with Crippen LogP contribution < -0.4 is 11.2 Å². The van der Waals surface area contributed by atoms with Gasteiger partial charge in [-0.2, -0.15) is 5.10 Å². The summed E-state index contributed by atoms with van der Waals surface area (Å²) < 4.78 is 0. The van der Waals surface area contributed by atoms with E-state index in [4.69, 9.17) is 28.9 Å². The Labute approximate surface area is 126 Å². The second-order valence-corrected chi connectivity index (χ2v) is 4.74. The average molecular weight is 308 g/mol. The van der Waals surface area contributed by atoms with Gasteiger partial charge in [0.2, 0.25) is 0 Å². The standard InChI is InChI=1S/C14H11Cl2N3O/c15-11-5-3-6-12(16)10(11)8-18-19-14(20)9-4-1-2-7-13(9)17/h1-8H,17H2,(H,19,20)/b18-8+. The maximum atomic E-state index is 11.9. The van der Waals surface area contributed by atoms with Crippen LogP contribution in [0.25, 0.3) is 0 Å². The summed E-state index contributed by atoms with van der Waals surface area (Å²) in [5.41, 5.74) is 9.35. The van der Waals surface area contributed by atoms with Gasteiger partial charge in [-0.3, -0.25) is 4.79 Å². The van der Waals surface area contributed by atoms with Crippen LogP contribution in [-0.4, -0.2) is 12.1 Å². The molecule has 0 aliphatic rings. The van der Waals surface area contributed by atoms with Crippen molar-refractivity contribution in [2.24, 2.45) is 5.10 Å². The highest BCUT2D eigenvalue weighted by Gasteiger charge is 2.07. The Morgan fingerprint density at radius 1 is 1.10 bits per heavy atom. The predicted octanol–water partition coefficient (Wildman–Crippen LogP) is 3.34. The van der Waals surface area contributed by atoms with Crippen LogP contribution in [0.5, 0.6) is 0 Å². The number of hydrazone groups is 1. The molecule has 1 amide bonds. The van der Waals surface area contributed by atoms with E-state index in [0.717, 1.165) is 0 Å². The van der Waals surface area contributed by atoms with Crippen LogP contribution >= 0.6 is 23.2 Å². The smallest absolute Gasteiger partial charge is 0.273 e. The molecule has 2 rings (SSSR count). The fourth-order valence-electron chi connectivity index (χ4n) is 1.55. The Bertz CT molecular complexity index is 651. The van der Waals surface area contributed by atoms with Gasteiger partial charge in [-0.15, -0.1) is 0 Å². The van der Waals surface area contributed by atoms with Crippen LogP contribution in [0.2, 0.25) is 10.0 Å². The van der Waals surface area contributed by atoms with Crippen molar-refractivity contribution in [1.29, 1.82) is 0 Å². The van der Waals surface area contributed by atoms with E-state index >= 15 is 0 Å². The van der Waals surface area contributed by atoms with E-state index in [2.05, 4.69) is 10.5 Å². The lowest BCUT2D eigenvalue weighted by Gasteiger charge is -2.03. The number of halogens is 2. The van der Waals surface area contributed by atoms with Crippen molar-refractivity contribution in [2.75, 3.05) is 5.73 Å². The van der Waals surface area contributed by atoms with Crippen molar-refractivity contribution >= 4 is 41.0 Å². The normalized spacial score (nSPS) is 10.7. The van der Waals surface area contributed by atoms with Gasteiger partial charge in [0.25, 0.3) is 5.91 Å². The van der Waals surface area contributed by atoms with E-state index in [1.165, 1.54) is 6.21 Å². The lowest BCUT2D eigenvalue weighted by Crippen LogP contribution is -2.19. The van der Waals surface area contributed by atoms with Gasteiger partial charge in [-0.25, -0.2) is 5.43 Å². The van der Waals surface area contributed by atoms with Gasteiger partial charge in [0.05, 0.1) is 21.8 Å². The zero-order valence-corrected chi connectivity index (χ0v) is 11.8. The van der Waals surface area contributed by atoms with Gasteiger partial charge < -0.3 is 5.73 Å². The molecule has 2 aromatic carbocycles. The number of nitrogens with one attached hydrogen (secondary N) is 1. The van der Waals surface area contributed by atoms with E-state index in [0.29, 0.717) is 26.9 Å². The summed E-state index contributed by atoms with van der Waals surface area (Å²) in [7, 11) is 0.